The zero-order valence-corrected chi connectivity index (χ0v) is 11.5. The normalized spacial score (nSPS) is 24.8. The van der Waals surface area contributed by atoms with E-state index in [4.69, 9.17) is 17.3 Å². The Bertz CT molecular complexity index is 395. The zero-order valence-electron chi connectivity index (χ0n) is 8.57. The van der Waals surface area contributed by atoms with Crippen molar-refractivity contribution in [3.8, 4) is 0 Å². The number of carbonyl (C=O) groups is 1. The summed E-state index contributed by atoms with van der Waals surface area (Å²) in [7, 11) is 0. The number of benzene rings is 1. The Kier molecular flexibility index (Phi) is 3.71. The van der Waals surface area contributed by atoms with Gasteiger partial charge in [0.1, 0.15) is 0 Å². The third-order valence-corrected chi connectivity index (χ3v) is 4.55. The molecular formula is C11H12ClIN2O. The Morgan fingerprint density at radius 2 is 2.06 bits per heavy atom. The van der Waals surface area contributed by atoms with Gasteiger partial charge in [-0.15, -0.1) is 0 Å². The molecule has 2 N–H and O–H groups in total. The van der Waals surface area contributed by atoms with Crippen LogP contribution < -0.4 is 5.73 Å². The van der Waals surface area contributed by atoms with Crippen LogP contribution in [0.5, 0.6) is 0 Å². The van der Waals surface area contributed by atoms with E-state index in [2.05, 4.69) is 22.6 Å². The fourth-order valence-electron chi connectivity index (χ4n) is 1.75. The Morgan fingerprint density at radius 1 is 1.44 bits per heavy atom. The Hall–Kier alpha value is -0.330. The first-order chi connectivity index (χ1) is 7.59. The van der Waals surface area contributed by atoms with E-state index in [-0.39, 0.29) is 16.0 Å². The summed E-state index contributed by atoms with van der Waals surface area (Å²) < 4.78 is 0.0841. The van der Waals surface area contributed by atoms with Crippen LogP contribution in [0.15, 0.2) is 24.3 Å². The second-order valence-electron chi connectivity index (χ2n) is 3.83. The van der Waals surface area contributed by atoms with E-state index in [1.54, 1.807) is 24.3 Å². The largest absolute Gasteiger partial charge is 0.325 e. The maximum atomic E-state index is 12.1. The minimum absolute atomic E-state index is 0.0315. The molecule has 2 rings (SSSR count). The van der Waals surface area contributed by atoms with Gasteiger partial charge in [-0.05, 0) is 30.7 Å². The number of hydrogen-bond donors (Lipinski definition) is 1. The highest BCUT2D eigenvalue weighted by Crippen LogP contribution is 2.24. The molecule has 1 aromatic carbocycles. The van der Waals surface area contributed by atoms with Crippen LogP contribution in [-0.2, 0) is 0 Å². The Labute approximate surface area is 113 Å². The zero-order chi connectivity index (χ0) is 11.7. The van der Waals surface area contributed by atoms with Gasteiger partial charge in [0.15, 0.2) is 0 Å². The summed E-state index contributed by atoms with van der Waals surface area (Å²) in [5, 5.41) is 0.640. The van der Waals surface area contributed by atoms with E-state index >= 15 is 0 Å². The molecule has 1 fully saturated rings. The van der Waals surface area contributed by atoms with Gasteiger partial charge in [-0.3, -0.25) is 4.79 Å². The van der Waals surface area contributed by atoms with E-state index < -0.39 is 0 Å². The smallest absolute Gasteiger partial charge is 0.254 e. The van der Waals surface area contributed by atoms with Crippen molar-refractivity contribution in [1.82, 2.24) is 4.90 Å². The van der Waals surface area contributed by atoms with Crippen molar-refractivity contribution in [2.45, 2.75) is 16.5 Å². The van der Waals surface area contributed by atoms with Crippen molar-refractivity contribution in [3.63, 3.8) is 0 Å². The second kappa shape index (κ2) is 4.89. The van der Waals surface area contributed by atoms with Crippen molar-refractivity contribution in [1.29, 1.82) is 0 Å². The lowest BCUT2D eigenvalue weighted by atomic mass is 10.2. The second-order valence-corrected chi connectivity index (χ2v) is 5.54. The Morgan fingerprint density at radius 3 is 2.56 bits per heavy atom. The van der Waals surface area contributed by atoms with Crippen LogP contribution in [-0.4, -0.2) is 27.4 Å². The van der Waals surface area contributed by atoms with Crippen LogP contribution in [0.4, 0.5) is 0 Å². The molecule has 1 heterocycles. The summed E-state index contributed by atoms with van der Waals surface area (Å²) in [6, 6.07) is 7.03. The first kappa shape index (κ1) is 12.1. The minimum Gasteiger partial charge on any atom is -0.325 e. The molecule has 0 spiro atoms. The van der Waals surface area contributed by atoms with Gasteiger partial charge >= 0.3 is 0 Å². The number of hydrogen-bond acceptors (Lipinski definition) is 2. The highest BCUT2D eigenvalue weighted by Gasteiger charge is 2.33. The molecule has 1 unspecified atom stereocenters. The molecule has 1 saturated heterocycles. The summed E-state index contributed by atoms with van der Waals surface area (Å²) in [5.74, 6) is 0.0315. The van der Waals surface area contributed by atoms with Crippen LogP contribution in [0, 0.1) is 0 Å². The quantitative estimate of drug-likeness (QED) is 0.480. The standard InChI is InChI=1S/C11H12ClIN2O/c12-8-3-1-7(2-4-8)11(16)15-6-5-9(14)10(15)13/h1-4,9-10H,5-6,14H2/t9-,10?/m1/s1. The van der Waals surface area contributed by atoms with Crippen molar-refractivity contribution < 1.29 is 4.79 Å². The number of carbonyl (C=O) groups excluding carboxylic acids is 1. The van der Waals surface area contributed by atoms with Gasteiger partial charge in [0.2, 0.25) is 0 Å². The highest BCUT2D eigenvalue weighted by atomic mass is 127. The van der Waals surface area contributed by atoms with Gasteiger partial charge in [0.05, 0.1) is 4.05 Å². The maximum absolute atomic E-state index is 12.1. The van der Waals surface area contributed by atoms with E-state index in [0.29, 0.717) is 10.6 Å². The molecule has 0 bridgehead atoms. The molecule has 0 saturated carbocycles. The molecular weight excluding hydrogens is 338 g/mol. The van der Waals surface area contributed by atoms with E-state index in [0.717, 1.165) is 13.0 Å². The number of amides is 1. The predicted octanol–water partition coefficient (Wildman–Crippen LogP) is 2.27. The molecule has 0 radical (unpaired) electrons. The predicted molar refractivity (Wildman–Crippen MR) is 72.9 cm³/mol. The number of alkyl halides is 1. The maximum Gasteiger partial charge on any atom is 0.254 e. The van der Waals surface area contributed by atoms with Crippen LogP contribution in [0.2, 0.25) is 5.02 Å². The molecule has 16 heavy (non-hydrogen) atoms. The molecule has 1 amide bonds. The first-order valence-electron chi connectivity index (χ1n) is 5.06. The van der Waals surface area contributed by atoms with Crippen LogP contribution in [0.1, 0.15) is 16.8 Å². The molecule has 5 heteroatoms. The first-order valence-corrected chi connectivity index (χ1v) is 6.68. The molecule has 1 aromatic rings. The Balaban J connectivity index is 2.16. The van der Waals surface area contributed by atoms with Crippen molar-refractivity contribution in [2.75, 3.05) is 6.54 Å². The summed E-state index contributed by atoms with van der Waals surface area (Å²) in [5.41, 5.74) is 6.55. The molecule has 2 atom stereocenters. The monoisotopic (exact) mass is 350 g/mol. The highest BCUT2D eigenvalue weighted by molar-refractivity contribution is 14.1. The minimum atomic E-state index is 0.0315. The number of nitrogens with zero attached hydrogens (tertiary/aromatic N) is 1. The van der Waals surface area contributed by atoms with Gasteiger partial charge in [0.25, 0.3) is 5.91 Å². The van der Waals surface area contributed by atoms with Gasteiger partial charge in [-0.1, -0.05) is 34.2 Å². The van der Waals surface area contributed by atoms with E-state index in [9.17, 15) is 4.79 Å². The van der Waals surface area contributed by atoms with Crippen molar-refractivity contribution in [3.05, 3.63) is 34.9 Å². The van der Waals surface area contributed by atoms with E-state index in [1.807, 2.05) is 4.90 Å². The number of rotatable bonds is 1. The summed E-state index contributed by atoms with van der Waals surface area (Å²) in [6.45, 7) is 0.732. The lowest BCUT2D eigenvalue weighted by Crippen LogP contribution is -2.38. The van der Waals surface area contributed by atoms with Gasteiger partial charge in [-0.25, -0.2) is 0 Å². The van der Waals surface area contributed by atoms with Gasteiger partial charge in [0, 0.05) is 23.2 Å². The molecule has 1 aliphatic rings. The lowest BCUT2D eigenvalue weighted by molar-refractivity contribution is 0.0783. The summed E-state index contributed by atoms with van der Waals surface area (Å²) in [4.78, 5) is 14.0. The number of nitrogens with two attached hydrogens (primary N) is 1. The molecule has 0 aliphatic carbocycles. The number of likely N-dealkylation sites (tertiary alicyclic amines) is 1. The molecule has 86 valence electrons. The third kappa shape index (κ3) is 2.33. The van der Waals surface area contributed by atoms with Crippen molar-refractivity contribution >= 4 is 40.1 Å². The lowest BCUT2D eigenvalue weighted by Gasteiger charge is -2.21. The SMILES string of the molecule is N[C@@H]1CCN(C(=O)c2ccc(Cl)cc2)C1I. The molecule has 0 aromatic heterocycles. The fraction of sp³-hybridized carbons (Fsp3) is 0.364. The van der Waals surface area contributed by atoms with Crippen LogP contribution in [0.25, 0.3) is 0 Å². The molecule has 1 aliphatic heterocycles. The van der Waals surface area contributed by atoms with Gasteiger partial charge < -0.3 is 10.6 Å². The fourth-order valence-corrected chi connectivity index (χ4v) is 2.77. The van der Waals surface area contributed by atoms with Crippen LogP contribution >= 0.6 is 34.2 Å². The average molecular weight is 351 g/mol. The van der Waals surface area contributed by atoms with E-state index in [1.165, 1.54) is 0 Å². The van der Waals surface area contributed by atoms with Crippen LogP contribution in [0.3, 0.4) is 0 Å². The summed E-state index contributed by atoms with van der Waals surface area (Å²) >= 11 is 8.00. The van der Waals surface area contributed by atoms with Crippen molar-refractivity contribution in [2.24, 2.45) is 5.73 Å². The topological polar surface area (TPSA) is 46.3 Å². The third-order valence-electron chi connectivity index (χ3n) is 2.71. The number of halogens is 2. The van der Waals surface area contributed by atoms with Gasteiger partial charge in [-0.2, -0.15) is 0 Å². The summed E-state index contributed by atoms with van der Waals surface area (Å²) in [6.07, 6.45) is 0.868. The average Bonchev–Trinajstić information content (AvgIpc) is 2.60. The molecule has 3 nitrogen and oxygen atoms in total.